The van der Waals surface area contributed by atoms with Crippen molar-refractivity contribution in [2.45, 2.75) is 19.6 Å². The van der Waals surface area contributed by atoms with Gasteiger partial charge in [-0.15, -0.1) is 0 Å². The molecular weight excluding hydrogens is 754 g/mol. The van der Waals surface area contributed by atoms with E-state index in [2.05, 4.69) is 237 Å². The molecule has 10 aromatic carbocycles. The Hall–Kier alpha value is -7.14. The average Bonchev–Trinajstić information content (AvgIpc) is 3.30. The normalized spacial score (nSPS) is 12.0. The van der Waals surface area contributed by atoms with Crippen molar-refractivity contribution in [3.63, 3.8) is 0 Å². The highest BCUT2D eigenvalue weighted by atomic mass is 28.3. The standard InChI is InChI=1S/C57H44BNOSi/c1-61(2,3)44-33-30-41(31-34-44)58(40-20-9-5-10-21-40)53-38-51-49-27-17-29-55-57(49)52(37-50(51)46-25-13-14-26-47(46)53)48-35-32-43(36-56(48)60-55)59(42-22-11-6-12-23-42)54-28-16-15-24-45(54)39-18-7-4-8-19-39/h4-38H,1-3H3. The number of hydrogen-bond acceptors (Lipinski definition) is 2. The lowest BCUT2D eigenvalue weighted by molar-refractivity contribution is 0.487. The molecule has 0 atom stereocenters. The van der Waals surface area contributed by atoms with Gasteiger partial charge in [-0.25, -0.2) is 0 Å². The van der Waals surface area contributed by atoms with Crippen LogP contribution in [-0.2, 0) is 0 Å². The molecule has 0 N–H and O–H groups in total. The molecule has 10 aromatic rings. The van der Waals surface area contributed by atoms with E-state index in [-0.39, 0.29) is 6.71 Å². The van der Waals surface area contributed by atoms with Crippen LogP contribution < -0.4 is 31.2 Å². The van der Waals surface area contributed by atoms with Crippen LogP contribution in [0.2, 0.25) is 19.6 Å². The van der Waals surface area contributed by atoms with Gasteiger partial charge in [-0.3, -0.25) is 0 Å². The fourth-order valence-electron chi connectivity index (χ4n) is 9.57. The van der Waals surface area contributed by atoms with Gasteiger partial charge in [-0.2, -0.15) is 0 Å². The first-order valence-corrected chi connectivity index (χ1v) is 24.8. The summed E-state index contributed by atoms with van der Waals surface area (Å²) in [4.78, 5) is 2.35. The second-order valence-electron chi connectivity index (χ2n) is 17.3. The number of benzene rings is 10. The van der Waals surface area contributed by atoms with Crippen molar-refractivity contribution >= 4 is 85.7 Å². The molecule has 1 aliphatic heterocycles. The Morgan fingerprint density at radius 2 is 1.03 bits per heavy atom. The number of rotatable bonds is 8. The number of ether oxygens (including phenoxy) is 1. The van der Waals surface area contributed by atoms with Gasteiger partial charge in [0.1, 0.15) is 11.5 Å². The predicted octanol–water partition coefficient (Wildman–Crippen LogP) is 13.1. The SMILES string of the molecule is C[Si](C)(C)c1ccc(B(c2ccccc2)c2cc3c4cccc5c4c(cc3c3ccccc23)-c2ccc(N(c3ccccc3)c3ccccc3-c3ccccc3)cc2O5)cc1. The van der Waals surface area contributed by atoms with Crippen molar-refractivity contribution in [1.29, 1.82) is 0 Å². The Kier molecular flexibility index (Phi) is 8.98. The number of anilines is 3. The van der Waals surface area contributed by atoms with Gasteiger partial charge in [-0.05, 0) is 80.5 Å². The number of para-hydroxylation sites is 2. The van der Waals surface area contributed by atoms with E-state index in [4.69, 9.17) is 4.74 Å². The molecule has 0 saturated carbocycles. The monoisotopic (exact) mass is 797 g/mol. The highest BCUT2D eigenvalue weighted by molar-refractivity contribution is 6.97. The molecule has 61 heavy (non-hydrogen) atoms. The molecule has 0 saturated heterocycles. The fourth-order valence-corrected chi connectivity index (χ4v) is 10.7. The fraction of sp³-hybridized carbons (Fsp3) is 0.0526. The van der Waals surface area contributed by atoms with E-state index < -0.39 is 8.07 Å². The maximum Gasteiger partial charge on any atom is 0.242 e. The third-order valence-electron chi connectivity index (χ3n) is 12.5. The number of hydrogen-bond donors (Lipinski definition) is 0. The zero-order valence-electron chi connectivity index (χ0n) is 34.6. The van der Waals surface area contributed by atoms with Crippen LogP contribution in [0.25, 0.3) is 54.6 Å². The lowest BCUT2D eigenvalue weighted by atomic mass is 9.36. The Bertz CT molecular complexity index is 3250. The second kappa shape index (κ2) is 14.8. The molecule has 0 bridgehead atoms. The first kappa shape index (κ1) is 36.9. The first-order chi connectivity index (χ1) is 29.9. The van der Waals surface area contributed by atoms with Crippen molar-refractivity contribution in [2.24, 2.45) is 0 Å². The zero-order chi connectivity index (χ0) is 41.1. The molecule has 0 radical (unpaired) electrons. The van der Waals surface area contributed by atoms with Crippen LogP contribution in [0.4, 0.5) is 17.1 Å². The van der Waals surface area contributed by atoms with E-state index in [1.807, 2.05) is 0 Å². The summed E-state index contributed by atoms with van der Waals surface area (Å²) in [5.41, 5.74) is 11.8. The quantitative estimate of drug-likeness (QED) is 0.112. The molecule has 290 valence electrons. The van der Waals surface area contributed by atoms with Crippen LogP contribution >= 0.6 is 0 Å². The van der Waals surface area contributed by atoms with Crippen LogP contribution in [0.3, 0.4) is 0 Å². The summed E-state index contributed by atoms with van der Waals surface area (Å²) in [6, 6.07) is 77.6. The van der Waals surface area contributed by atoms with Gasteiger partial charge in [-0.1, -0.05) is 205 Å². The maximum atomic E-state index is 6.99. The number of nitrogens with zero attached hydrogens (tertiary/aromatic N) is 1. The minimum absolute atomic E-state index is 0.0620. The molecule has 11 rings (SSSR count). The lowest BCUT2D eigenvalue weighted by Crippen LogP contribution is -2.53. The van der Waals surface area contributed by atoms with Crippen molar-refractivity contribution in [1.82, 2.24) is 0 Å². The minimum Gasteiger partial charge on any atom is -0.456 e. The van der Waals surface area contributed by atoms with Crippen LogP contribution in [0, 0.1) is 0 Å². The van der Waals surface area contributed by atoms with Gasteiger partial charge < -0.3 is 9.64 Å². The highest BCUT2D eigenvalue weighted by Crippen LogP contribution is 2.51. The van der Waals surface area contributed by atoms with Crippen LogP contribution in [0.5, 0.6) is 11.5 Å². The van der Waals surface area contributed by atoms with Crippen molar-refractivity contribution in [3.05, 3.63) is 212 Å². The van der Waals surface area contributed by atoms with Gasteiger partial charge in [0.25, 0.3) is 0 Å². The second-order valence-corrected chi connectivity index (χ2v) is 22.3. The Morgan fingerprint density at radius 3 is 1.79 bits per heavy atom. The molecule has 0 fully saturated rings. The summed E-state index contributed by atoms with van der Waals surface area (Å²) >= 11 is 0. The van der Waals surface area contributed by atoms with Gasteiger partial charge in [0.2, 0.25) is 6.71 Å². The maximum absolute atomic E-state index is 6.99. The van der Waals surface area contributed by atoms with Crippen molar-refractivity contribution < 1.29 is 4.74 Å². The Labute approximate surface area is 359 Å². The summed E-state index contributed by atoms with van der Waals surface area (Å²) in [7, 11) is -1.46. The predicted molar refractivity (Wildman–Crippen MR) is 265 cm³/mol. The van der Waals surface area contributed by atoms with E-state index in [0.29, 0.717) is 0 Å². The van der Waals surface area contributed by atoms with E-state index in [1.54, 1.807) is 0 Å². The zero-order valence-corrected chi connectivity index (χ0v) is 35.6. The molecule has 0 unspecified atom stereocenters. The van der Waals surface area contributed by atoms with E-state index in [9.17, 15) is 0 Å². The molecular formula is C57H44BNOSi. The summed E-state index contributed by atoms with van der Waals surface area (Å²) in [5, 5.41) is 8.86. The van der Waals surface area contributed by atoms with Gasteiger partial charge in [0.15, 0.2) is 0 Å². The average molecular weight is 798 g/mol. The first-order valence-electron chi connectivity index (χ1n) is 21.3. The molecule has 4 heteroatoms. The van der Waals surface area contributed by atoms with Gasteiger partial charge in [0.05, 0.1) is 13.8 Å². The molecule has 0 aliphatic carbocycles. The summed E-state index contributed by atoms with van der Waals surface area (Å²) in [5.74, 6) is 1.73. The molecule has 1 aliphatic rings. The minimum atomic E-state index is -1.46. The highest BCUT2D eigenvalue weighted by Gasteiger charge is 2.29. The molecule has 2 nitrogen and oxygen atoms in total. The van der Waals surface area contributed by atoms with Gasteiger partial charge >= 0.3 is 0 Å². The molecule has 0 aromatic heterocycles. The molecule has 0 spiro atoms. The van der Waals surface area contributed by atoms with E-state index >= 15 is 0 Å². The summed E-state index contributed by atoms with van der Waals surface area (Å²) in [6.07, 6.45) is 0. The Balaban J connectivity index is 1.11. The van der Waals surface area contributed by atoms with E-state index in [0.717, 1.165) is 45.1 Å². The smallest absolute Gasteiger partial charge is 0.242 e. The van der Waals surface area contributed by atoms with Crippen LogP contribution in [0.1, 0.15) is 0 Å². The largest absolute Gasteiger partial charge is 0.456 e. The summed E-state index contributed by atoms with van der Waals surface area (Å²) in [6.45, 7) is 7.32. The third-order valence-corrected chi connectivity index (χ3v) is 14.6. The van der Waals surface area contributed by atoms with Crippen LogP contribution in [-0.4, -0.2) is 14.8 Å². The van der Waals surface area contributed by atoms with Crippen LogP contribution in [0.15, 0.2) is 212 Å². The molecule has 0 amide bonds. The van der Waals surface area contributed by atoms with E-state index in [1.165, 1.54) is 59.6 Å². The molecule has 1 heterocycles. The summed E-state index contributed by atoms with van der Waals surface area (Å²) < 4.78 is 6.99. The lowest BCUT2D eigenvalue weighted by Gasteiger charge is -2.30. The number of fused-ring (bicyclic) bond motifs is 6. The topological polar surface area (TPSA) is 12.5 Å². The Morgan fingerprint density at radius 1 is 0.410 bits per heavy atom. The van der Waals surface area contributed by atoms with Gasteiger partial charge in [0, 0.05) is 34.0 Å². The van der Waals surface area contributed by atoms with Crippen molar-refractivity contribution in [2.75, 3.05) is 4.90 Å². The van der Waals surface area contributed by atoms with Crippen molar-refractivity contribution in [3.8, 4) is 33.8 Å². The third kappa shape index (κ3) is 6.43.